The molecule has 1 heterocycles. The summed E-state index contributed by atoms with van der Waals surface area (Å²) in [6, 6.07) is 5.72. The van der Waals surface area contributed by atoms with E-state index >= 15 is 0 Å². The largest absolute Gasteiger partial charge is 0.285 e. The molecule has 0 aromatic carbocycles. The molecule has 1 aromatic heterocycles. The molecule has 80 valence electrons. The zero-order valence-electron chi connectivity index (χ0n) is 8.51. The van der Waals surface area contributed by atoms with E-state index in [1.807, 2.05) is 18.2 Å². The molecule has 0 saturated carbocycles. The number of hydrogen-bond donors (Lipinski definition) is 1. The smallest absolute Gasteiger partial charge is 0.269 e. The van der Waals surface area contributed by atoms with Crippen molar-refractivity contribution in [2.75, 3.05) is 0 Å². The number of pyridine rings is 1. The fourth-order valence-corrected chi connectivity index (χ4v) is 0.313. The number of rotatable bonds is 0. The van der Waals surface area contributed by atoms with Crippen molar-refractivity contribution in [3.63, 3.8) is 0 Å². The third-order valence-electron chi connectivity index (χ3n) is 1.34. The van der Waals surface area contributed by atoms with Crippen LogP contribution in [0.5, 0.6) is 0 Å². The lowest BCUT2D eigenvalue weighted by Crippen LogP contribution is -2.26. The summed E-state index contributed by atoms with van der Waals surface area (Å²) in [4.78, 5) is 3.78. The van der Waals surface area contributed by atoms with E-state index in [2.05, 4.69) is 4.98 Å². The molecule has 1 aromatic rings. The van der Waals surface area contributed by atoms with Crippen molar-refractivity contribution in [1.82, 2.24) is 4.98 Å². The van der Waals surface area contributed by atoms with Crippen LogP contribution in [-0.4, -0.2) is 22.7 Å². The van der Waals surface area contributed by atoms with Crippen molar-refractivity contribution < 1.29 is 13.0 Å². The van der Waals surface area contributed by atoms with Crippen LogP contribution in [-0.2, 0) is 10.1 Å². The Balaban J connectivity index is 0.000000249. The minimum absolute atomic E-state index is 1.03. The SMILES string of the molecule is CC(C)(C)S(=O)(=O)O.c1ccncc1. The van der Waals surface area contributed by atoms with Crippen LogP contribution in [0.3, 0.4) is 0 Å². The van der Waals surface area contributed by atoms with Crippen LogP contribution in [0.25, 0.3) is 0 Å². The van der Waals surface area contributed by atoms with Gasteiger partial charge >= 0.3 is 0 Å². The third-order valence-corrected chi connectivity index (χ3v) is 2.89. The normalized spacial score (nSPS) is 11.4. The first-order chi connectivity index (χ1) is 6.25. The summed E-state index contributed by atoms with van der Waals surface area (Å²) in [7, 11) is -3.84. The summed E-state index contributed by atoms with van der Waals surface area (Å²) in [6.07, 6.45) is 3.50. The average Bonchev–Trinajstić information content (AvgIpc) is 2.05. The number of aromatic nitrogens is 1. The Morgan fingerprint density at radius 1 is 1.07 bits per heavy atom. The molecule has 0 aliphatic carbocycles. The molecular weight excluding hydrogens is 202 g/mol. The van der Waals surface area contributed by atoms with Gasteiger partial charge in [0.1, 0.15) is 0 Å². The summed E-state index contributed by atoms with van der Waals surface area (Å²) in [5.41, 5.74) is 0. The molecule has 0 saturated heterocycles. The van der Waals surface area contributed by atoms with Gasteiger partial charge in [-0.15, -0.1) is 0 Å². The van der Waals surface area contributed by atoms with E-state index in [1.165, 1.54) is 20.8 Å². The molecular formula is C9H15NO3S. The zero-order valence-corrected chi connectivity index (χ0v) is 9.32. The predicted octanol–water partition coefficient (Wildman–Crippen LogP) is 1.75. The van der Waals surface area contributed by atoms with E-state index in [1.54, 1.807) is 12.4 Å². The first-order valence-corrected chi connectivity index (χ1v) is 5.51. The van der Waals surface area contributed by atoms with Gasteiger partial charge in [-0.2, -0.15) is 8.42 Å². The summed E-state index contributed by atoms with van der Waals surface area (Å²) < 4.78 is 27.7. The van der Waals surface area contributed by atoms with Crippen LogP contribution in [0.2, 0.25) is 0 Å². The van der Waals surface area contributed by atoms with E-state index in [4.69, 9.17) is 4.55 Å². The van der Waals surface area contributed by atoms with E-state index in [-0.39, 0.29) is 0 Å². The molecule has 1 rings (SSSR count). The maximum atomic E-state index is 10.2. The number of hydrogen-bond acceptors (Lipinski definition) is 3. The molecule has 0 radical (unpaired) electrons. The van der Waals surface area contributed by atoms with Crippen LogP contribution < -0.4 is 0 Å². The Bertz CT molecular complexity index is 313. The van der Waals surface area contributed by atoms with Crippen molar-refractivity contribution in [3.05, 3.63) is 30.6 Å². The van der Waals surface area contributed by atoms with Crippen molar-refractivity contribution in [2.45, 2.75) is 25.5 Å². The maximum absolute atomic E-state index is 10.2. The average molecular weight is 217 g/mol. The Hall–Kier alpha value is -0.940. The van der Waals surface area contributed by atoms with Crippen molar-refractivity contribution in [1.29, 1.82) is 0 Å². The summed E-state index contributed by atoms with van der Waals surface area (Å²) >= 11 is 0. The molecule has 1 N–H and O–H groups in total. The van der Waals surface area contributed by atoms with Gasteiger partial charge in [0, 0.05) is 12.4 Å². The van der Waals surface area contributed by atoms with Crippen molar-refractivity contribution in [2.24, 2.45) is 0 Å². The van der Waals surface area contributed by atoms with Crippen molar-refractivity contribution in [3.8, 4) is 0 Å². The Kier molecular flexibility index (Phi) is 4.73. The van der Waals surface area contributed by atoms with Gasteiger partial charge < -0.3 is 0 Å². The van der Waals surface area contributed by atoms with Gasteiger partial charge in [-0.25, -0.2) is 0 Å². The highest BCUT2D eigenvalue weighted by Crippen LogP contribution is 2.11. The molecule has 0 atom stereocenters. The van der Waals surface area contributed by atoms with E-state index < -0.39 is 14.9 Å². The van der Waals surface area contributed by atoms with Gasteiger partial charge in [0.15, 0.2) is 0 Å². The van der Waals surface area contributed by atoms with Gasteiger partial charge in [0.2, 0.25) is 0 Å². The topological polar surface area (TPSA) is 67.3 Å². The Labute approximate surface area is 84.7 Å². The summed E-state index contributed by atoms with van der Waals surface area (Å²) in [6.45, 7) is 4.30. The minimum atomic E-state index is -3.84. The standard InChI is InChI=1S/C5H5N.C4H10O3S/c1-2-4-6-5-3-1;1-4(2,3)8(5,6)7/h1-5H;1-3H3,(H,5,6,7). The second-order valence-corrected chi connectivity index (χ2v) is 5.79. The van der Waals surface area contributed by atoms with Crippen LogP contribution >= 0.6 is 0 Å². The van der Waals surface area contributed by atoms with Gasteiger partial charge in [-0.1, -0.05) is 6.07 Å². The monoisotopic (exact) mass is 217 g/mol. The summed E-state index contributed by atoms with van der Waals surface area (Å²) in [5, 5.41) is 0. The molecule has 0 amide bonds. The molecule has 0 aliphatic rings. The van der Waals surface area contributed by atoms with Crippen LogP contribution in [0.1, 0.15) is 20.8 Å². The molecule has 0 bridgehead atoms. The maximum Gasteiger partial charge on any atom is 0.269 e. The summed E-state index contributed by atoms with van der Waals surface area (Å²) in [5.74, 6) is 0. The fourth-order valence-electron chi connectivity index (χ4n) is 0.313. The minimum Gasteiger partial charge on any atom is -0.285 e. The highest BCUT2D eigenvalue weighted by Gasteiger charge is 2.25. The molecule has 4 nitrogen and oxygen atoms in total. The molecule has 5 heteroatoms. The first-order valence-electron chi connectivity index (χ1n) is 4.07. The molecule has 0 unspecified atom stereocenters. The van der Waals surface area contributed by atoms with Crippen LogP contribution in [0.15, 0.2) is 30.6 Å². The van der Waals surface area contributed by atoms with E-state index in [0.717, 1.165) is 0 Å². The van der Waals surface area contributed by atoms with Gasteiger partial charge in [-0.05, 0) is 32.9 Å². The molecule has 14 heavy (non-hydrogen) atoms. The predicted molar refractivity (Wildman–Crippen MR) is 55.5 cm³/mol. The molecule has 0 fully saturated rings. The zero-order chi connectivity index (χ0) is 11.2. The lowest BCUT2D eigenvalue weighted by atomic mass is 10.3. The van der Waals surface area contributed by atoms with Gasteiger partial charge in [0.05, 0.1) is 4.75 Å². The second-order valence-electron chi connectivity index (χ2n) is 3.61. The Morgan fingerprint density at radius 2 is 1.43 bits per heavy atom. The highest BCUT2D eigenvalue weighted by atomic mass is 32.2. The van der Waals surface area contributed by atoms with E-state index in [0.29, 0.717) is 0 Å². The lowest BCUT2D eigenvalue weighted by Gasteiger charge is -2.12. The highest BCUT2D eigenvalue weighted by molar-refractivity contribution is 7.87. The van der Waals surface area contributed by atoms with E-state index in [9.17, 15) is 8.42 Å². The first kappa shape index (κ1) is 13.1. The second kappa shape index (κ2) is 5.07. The van der Waals surface area contributed by atoms with Crippen LogP contribution in [0, 0.1) is 0 Å². The van der Waals surface area contributed by atoms with Gasteiger partial charge in [0.25, 0.3) is 10.1 Å². The fraction of sp³-hybridized carbons (Fsp3) is 0.444. The quantitative estimate of drug-likeness (QED) is 0.672. The molecule has 0 aliphatic heterocycles. The lowest BCUT2D eigenvalue weighted by molar-refractivity contribution is 0.450. The van der Waals surface area contributed by atoms with Crippen molar-refractivity contribution >= 4 is 10.1 Å². The number of nitrogens with zero attached hydrogens (tertiary/aromatic N) is 1. The van der Waals surface area contributed by atoms with Crippen LogP contribution in [0.4, 0.5) is 0 Å². The third kappa shape index (κ3) is 5.66. The van der Waals surface area contributed by atoms with Gasteiger partial charge in [-0.3, -0.25) is 9.54 Å². The Morgan fingerprint density at radius 3 is 1.50 bits per heavy atom. The molecule has 0 spiro atoms.